The van der Waals surface area contributed by atoms with Gasteiger partial charge in [-0.05, 0) is 57.7 Å². The molecule has 0 aliphatic carbocycles. The molecule has 1 fully saturated rings. The third kappa shape index (κ3) is 2.48. The maximum absolute atomic E-state index is 3.66. The van der Waals surface area contributed by atoms with E-state index in [1.54, 1.807) is 0 Å². The second kappa shape index (κ2) is 4.86. The van der Waals surface area contributed by atoms with Crippen LogP contribution in [0.5, 0.6) is 0 Å². The molecule has 4 heteroatoms. The molecular formula is C11H15Br2NS. The molecule has 1 nitrogen and oxygen atoms in total. The van der Waals surface area contributed by atoms with Gasteiger partial charge in [0.2, 0.25) is 0 Å². The van der Waals surface area contributed by atoms with Crippen molar-refractivity contribution >= 4 is 43.2 Å². The van der Waals surface area contributed by atoms with E-state index in [1.807, 2.05) is 11.3 Å². The van der Waals surface area contributed by atoms with Crippen molar-refractivity contribution in [3.05, 3.63) is 19.2 Å². The Morgan fingerprint density at radius 2 is 2.27 bits per heavy atom. The summed E-state index contributed by atoms with van der Waals surface area (Å²) in [4.78, 5) is 1.50. The van der Waals surface area contributed by atoms with Gasteiger partial charge in [0, 0.05) is 27.4 Å². The molecule has 0 aromatic carbocycles. The Labute approximate surface area is 112 Å². The maximum Gasteiger partial charge on any atom is 0.0843 e. The number of hydrogen-bond acceptors (Lipinski definition) is 2. The van der Waals surface area contributed by atoms with E-state index >= 15 is 0 Å². The van der Waals surface area contributed by atoms with Crippen molar-refractivity contribution in [1.82, 2.24) is 5.32 Å². The summed E-state index contributed by atoms with van der Waals surface area (Å²) >= 11 is 9.00. The van der Waals surface area contributed by atoms with Gasteiger partial charge in [-0.25, -0.2) is 0 Å². The van der Waals surface area contributed by atoms with Crippen LogP contribution in [0.25, 0.3) is 0 Å². The van der Waals surface area contributed by atoms with Crippen LogP contribution < -0.4 is 5.32 Å². The Kier molecular flexibility index (Phi) is 3.92. The molecule has 1 N–H and O–H groups in total. The highest BCUT2D eigenvalue weighted by atomic mass is 79.9. The monoisotopic (exact) mass is 351 g/mol. The van der Waals surface area contributed by atoms with Crippen molar-refractivity contribution in [3.8, 4) is 0 Å². The van der Waals surface area contributed by atoms with Crippen molar-refractivity contribution in [2.24, 2.45) is 0 Å². The van der Waals surface area contributed by atoms with Gasteiger partial charge in [0.25, 0.3) is 0 Å². The summed E-state index contributed by atoms with van der Waals surface area (Å²) in [7, 11) is 0. The molecule has 1 aliphatic heterocycles. The van der Waals surface area contributed by atoms with E-state index in [2.05, 4.69) is 57.1 Å². The van der Waals surface area contributed by atoms with Crippen LogP contribution in [0.4, 0.5) is 0 Å². The van der Waals surface area contributed by atoms with Gasteiger partial charge in [0.15, 0.2) is 0 Å². The summed E-state index contributed by atoms with van der Waals surface area (Å²) in [6.45, 7) is 4.54. The van der Waals surface area contributed by atoms with Gasteiger partial charge in [-0.1, -0.05) is 6.92 Å². The average Bonchev–Trinajstić information content (AvgIpc) is 2.71. The largest absolute Gasteiger partial charge is 0.311 e. The summed E-state index contributed by atoms with van der Waals surface area (Å²) in [5.41, 5.74) is 0. The molecule has 2 heterocycles. The van der Waals surface area contributed by atoms with Crippen LogP contribution >= 0.6 is 43.2 Å². The molecule has 0 bridgehead atoms. The lowest BCUT2D eigenvalue weighted by molar-refractivity contribution is 0.520. The van der Waals surface area contributed by atoms with E-state index in [1.165, 1.54) is 26.0 Å². The molecule has 1 aliphatic rings. The fraction of sp³-hybridized carbons (Fsp3) is 0.636. The SMILES string of the molecule is CCC1NC(C)CC1c1cc(Br)c(Br)s1. The molecular weight excluding hydrogens is 338 g/mol. The molecule has 0 radical (unpaired) electrons. The smallest absolute Gasteiger partial charge is 0.0843 e. The van der Waals surface area contributed by atoms with Crippen LogP contribution in [0.1, 0.15) is 37.5 Å². The van der Waals surface area contributed by atoms with E-state index in [0.29, 0.717) is 18.0 Å². The predicted molar refractivity (Wildman–Crippen MR) is 73.8 cm³/mol. The van der Waals surface area contributed by atoms with Crippen molar-refractivity contribution in [1.29, 1.82) is 0 Å². The van der Waals surface area contributed by atoms with Gasteiger partial charge in [0.1, 0.15) is 0 Å². The summed E-state index contributed by atoms with van der Waals surface area (Å²) in [6, 6.07) is 3.57. The lowest BCUT2D eigenvalue weighted by Gasteiger charge is -2.15. The molecule has 3 atom stereocenters. The summed E-state index contributed by atoms with van der Waals surface area (Å²) < 4.78 is 2.41. The molecule has 1 saturated heterocycles. The third-order valence-corrected chi connectivity index (χ3v) is 6.45. The third-order valence-electron chi connectivity index (χ3n) is 3.06. The van der Waals surface area contributed by atoms with Gasteiger partial charge >= 0.3 is 0 Å². The Hall–Kier alpha value is 0.620. The Morgan fingerprint density at radius 3 is 2.80 bits per heavy atom. The minimum atomic E-state index is 0.650. The number of halogens is 2. The number of rotatable bonds is 2. The minimum absolute atomic E-state index is 0.650. The van der Waals surface area contributed by atoms with Crippen LogP contribution in [0.2, 0.25) is 0 Å². The van der Waals surface area contributed by atoms with Crippen LogP contribution in [0, 0.1) is 0 Å². The molecule has 1 aromatic heterocycles. The van der Waals surface area contributed by atoms with E-state index in [4.69, 9.17) is 0 Å². The minimum Gasteiger partial charge on any atom is -0.311 e. The van der Waals surface area contributed by atoms with Gasteiger partial charge in [-0.15, -0.1) is 11.3 Å². The van der Waals surface area contributed by atoms with E-state index in [9.17, 15) is 0 Å². The Balaban J connectivity index is 2.22. The molecule has 15 heavy (non-hydrogen) atoms. The number of hydrogen-bond donors (Lipinski definition) is 1. The first-order valence-electron chi connectivity index (χ1n) is 5.32. The van der Waals surface area contributed by atoms with Gasteiger partial charge in [-0.2, -0.15) is 0 Å². The molecule has 2 rings (SSSR count). The fourth-order valence-corrected chi connectivity index (χ4v) is 4.63. The second-order valence-corrected chi connectivity index (χ2v) is 7.45. The van der Waals surface area contributed by atoms with Crippen LogP contribution in [-0.2, 0) is 0 Å². The number of nitrogens with one attached hydrogen (secondary N) is 1. The zero-order chi connectivity index (χ0) is 11.0. The zero-order valence-electron chi connectivity index (χ0n) is 8.89. The quantitative estimate of drug-likeness (QED) is 0.825. The normalized spacial score (nSPS) is 31.1. The highest BCUT2D eigenvalue weighted by Gasteiger charge is 2.32. The summed E-state index contributed by atoms with van der Waals surface area (Å²) in [5.74, 6) is 0.692. The lowest BCUT2D eigenvalue weighted by atomic mass is 9.96. The van der Waals surface area contributed by atoms with Crippen molar-refractivity contribution < 1.29 is 0 Å². The van der Waals surface area contributed by atoms with Crippen LogP contribution in [-0.4, -0.2) is 12.1 Å². The average molecular weight is 353 g/mol. The number of thiophene rings is 1. The molecule has 0 saturated carbocycles. The first-order valence-corrected chi connectivity index (χ1v) is 7.72. The van der Waals surface area contributed by atoms with Gasteiger partial charge < -0.3 is 5.32 Å². The molecule has 0 spiro atoms. The van der Waals surface area contributed by atoms with E-state index in [-0.39, 0.29) is 0 Å². The Morgan fingerprint density at radius 1 is 1.53 bits per heavy atom. The van der Waals surface area contributed by atoms with Gasteiger partial charge in [-0.3, -0.25) is 0 Å². The van der Waals surface area contributed by atoms with Gasteiger partial charge in [0.05, 0.1) is 3.79 Å². The second-order valence-electron chi connectivity index (χ2n) is 4.20. The van der Waals surface area contributed by atoms with Crippen molar-refractivity contribution in [2.75, 3.05) is 0 Å². The maximum atomic E-state index is 3.66. The van der Waals surface area contributed by atoms with E-state index < -0.39 is 0 Å². The molecule has 0 amide bonds. The summed E-state index contributed by atoms with van der Waals surface area (Å²) in [5, 5.41) is 3.66. The Bertz CT molecular complexity index is 331. The fourth-order valence-electron chi connectivity index (χ4n) is 2.36. The zero-order valence-corrected chi connectivity index (χ0v) is 12.9. The van der Waals surface area contributed by atoms with Crippen molar-refractivity contribution in [2.45, 2.75) is 44.7 Å². The van der Waals surface area contributed by atoms with Crippen molar-refractivity contribution in [3.63, 3.8) is 0 Å². The van der Waals surface area contributed by atoms with E-state index in [0.717, 1.165) is 0 Å². The highest BCUT2D eigenvalue weighted by Crippen LogP contribution is 2.41. The van der Waals surface area contributed by atoms with Crippen LogP contribution in [0.3, 0.4) is 0 Å². The first kappa shape index (κ1) is 12.1. The highest BCUT2D eigenvalue weighted by molar-refractivity contribution is 9.13. The topological polar surface area (TPSA) is 12.0 Å². The molecule has 84 valence electrons. The standard InChI is InChI=1S/C11H15Br2NS/c1-3-9-7(4-6(2)14-9)10-5-8(12)11(13)15-10/h5-7,9,14H,3-4H2,1-2H3. The first-order chi connectivity index (χ1) is 7.11. The molecule has 3 unspecified atom stereocenters. The molecule has 1 aromatic rings. The van der Waals surface area contributed by atoms with Crippen LogP contribution in [0.15, 0.2) is 14.3 Å². The predicted octanol–water partition coefficient (Wildman–Crippen LogP) is 4.52. The summed E-state index contributed by atoms with van der Waals surface area (Å²) in [6.07, 6.45) is 2.47. The lowest BCUT2D eigenvalue weighted by Crippen LogP contribution is -2.28.